The summed E-state index contributed by atoms with van der Waals surface area (Å²) in [5.41, 5.74) is 11.6. The van der Waals surface area contributed by atoms with Crippen molar-refractivity contribution in [1.29, 1.82) is 5.41 Å². The van der Waals surface area contributed by atoms with Gasteiger partial charge in [-0.3, -0.25) is 14.9 Å². The van der Waals surface area contributed by atoms with Gasteiger partial charge in [0, 0.05) is 29.7 Å². The van der Waals surface area contributed by atoms with Crippen LogP contribution >= 0.6 is 0 Å². The zero-order chi connectivity index (χ0) is 28.8. The first-order valence-corrected chi connectivity index (χ1v) is 13.2. The number of amidine groups is 1. The van der Waals surface area contributed by atoms with Crippen molar-refractivity contribution in [2.75, 3.05) is 20.8 Å². The lowest BCUT2D eigenvalue weighted by molar-refractivity contribution is -0.142. The van der Waals surface area contributed by atoms with Crippen LogP contribution < -0.4 is 15.2 Å². The van der Waals surface area contributed by atoms with Crippen LogP contribution in [0.3, 0.4) is 0 Å². The number of hydrogen-bond acceptors (Lipinski definition) is 7. The predicted octanol–water partition coefficient (Wildman–Crippen LogP) is 5.41. The molecule has 0 amide bonds. The predicted molar refractivity (Wildman–Crippen MR) is 155 cm³/mol. The van der Waals surface area contributed by atoms with Gasteiger partial charge in [0.1, 0.15) is 29.6 Å². The molecular formula is C31H36N4O5. The van der Waals surface area contributed by atoms with E-state index < -0.39 is 0 Å². The van der Waals surface area contributed by atoms with Crippen molar-refractivity contribution < 1.29 is 23.7 Å². The SMILES string of the molecule is CCOC(=O)Cc1cc(COC)ccc1OCc1nn(C(C)C)c2ccc(-c3cc(OC)cc(C(=N)N)c3)cc12. The quantitative estimate of drug-likeness (QED) is 0.139. The summed E-state index contributed by atoms with van der Waals surface area (Å²) in [5, 5.41) is 13.7. The topological polar surface area (TPSA) is 122 Å². The Hall–Kier alpha value is -4.37. The second kappa shape index (κ2) is 12.7. The normalized spacial score (nSPS) is 11.2. The molecule has 0 bridgehead atoms. The number of benzene rings is 3. The van der Waals surface area contributed by atoms with Gasteiger partial charge in [0.05, 0.1) is 32.3 Å². The van der Waals surface area contributed by atoms with Crippen LogP contribution in [0.1, 0.15) is 49.2 Å². The summed E-state index contributed by atoms with van der Waals surface area (Å²) in [6.45, 7) is 6.90. The molecule has 9 nitrogen and oxygen atoms in total. The second-order valence-electron chi connectivity index (χ2n) is 9.73. The minimum absolute atomic E-state index is 0.0296. The average Bonchev–Trinajstić information content (AvgIpc) is 3.31. The number of nitrogens with one attached hydrogen (secondary N) is 1. The van der Waals surface area contributed by atoms with Crippen molar-refractivity contribution >= 4 is 22.7 Å². The van der Waals surface area contributed by atoms with Crippen LogP contribution in [0.15, 0.2) is 54.6 Å². The number of hydrogen-bond donors (Lipinski definition) is 2. The smallest absolute Gasteiger partial charge is 0.310 e. The third-order valence-corrected chi connectivity index (χ3v) is 6.50. The Morgan fingerprint density at radius 3 is 2.50 bits per heavy atom. The van der Waals surface area contributed by atoms with Crippen LogP contribution in [0.25, 0.3) is 22.0 Å². The van der Waals surface area contributed by atoms with Gasteiger partial charge in [-0.15, -0.1) is 0 Å². The van der Waals surface area contributed by atoms with Crippen molar-refractivity contribution in [2.24, 2.45) is 5.73 Å². The monoisotopic (exact) mass is 544 g/mol. The fourth-order valence-electron chi connectivity index (χ4n) is 4.61. The molecule has 3 N–H and O–H groups in total. The molecule has 0 spiro atoms. The second-order valence-corrected chi connectivity index (χ2v) is 9.73. The zero-order valence-corrected chi connectivity index (χ0v) is 23.6. The van der Waals surface area contributed by atoms with Gasteiger partial charge in [0.2, 0.25) is 0 Å². The van der Waals surface area contributed by atoms with E-state index >= 15 is 0 Å². The highest BCUT2D eigenvalue weighted by Crippen LogP contribution is 2.32. The first-order valence-electron chi connectivity index (χ1n) is 13.2. The summed E-state index contributed by atoms with van der Waals surface area (Å²) >= 11 is 0. The van der Waals surface area contributed by atoms with Crippen LogP contribution in [-0.4, -0.2) is 42.4 Å². The van der Waals surface area contributed by atoms with Gasteiger partial charge in [-0.05, 0) is 79.9 Å². The molecule has 40 heavy (non-hydrogen) atoms. The molecule has 0 atom stereocenters. The minimum atomic E-state index is -0.315. The fourth-order valence-corrected chi connectivity index (χ4v) is 4.61. The molecule has 0 unspecified atom stereocenters. The number of carbonyl (C=O) groups is 1. The number of nitrogens with two attached hydrogens (primary N) is 1. The Morgan fingerprint density at radius 1 is 1.02 bits per heavy atom. The Morgan fingerprint density at radius 2 is 1.82 bits per heavy atom. The zero-order valence-electron chi connectivity index (χ0n) is 23.6. The number of fused-ring (bicyclic) bond motifs is 1. The maximum atomic E-state index is 12.3. The molecule has 0 aliphatic heterocycles. The Kier molecular flexibility index (Phi) is 9.06. The number of aromatic nitrogens is 2. The molecule has 4 aromatic rings. The first kappa shape index (κ1) is 28.6. The van der Waals surface area contributed by atoms with E-state index in [1.54, 1.807) is 27.2 Å². The van der Waals surface area contributed by atoms with Gasteiger partial charge in [-0.1, -0.05) is 12.1 Å². The van der Waals surface area contributed by atoms with Crippen molar-refractivity contribution in [3.05, 3.63) is 77.0 Å². The van der Waals surface area contributed by atoms with E-state index in [1.807, 2.05) is 47.1 Å². The Labute approximate surface area is 234 Å². The molecule has 3 aromatic carbocycles. The van der Waals surface area contributed by atoms with Crippen LogP contribution in [0.5, 0.6) is 11.5 Å². The van der Waals surface area contributed by atoms with Crippen molar-refractivity contribution in [3.63, 3.8) is 0 Å². The molecule has 0 aliphatic rings. The third-order valence-electron chi connectivity index (χ3n) is 6.50. The molecular weight excluding hydrogens is 508 g/mol. The van der Waals surface area contributed by atoms with Crippen molar-refractivity contribution in [3.8, 4) is 22.6 Å². The van der Waals surface area contributed by atoms with E-state index in [1.165, 1.54) is 0 Å². The largest absolute Gasteiger partial charge is 0.497 e. The van der Waals surface area contributed by atoms with Crippen molar-refractivity contribution in [2.45, 2.75) is 46.4 Å². The molecule has 0 fully saturated rings. The van der Waals surface area contributed by atoms with Crippen LogP contribution in [0, 0.1) is 5.41 Å². The number of carbonyl (C=O) groups excluding carboxylic acids is 1. The van der Waals surface area contributed by atoms with Gasteiger partial charge in [-0.25, -0.2) is 0 Å². The summed E-state index contributed by atoms with van der Waals surface area (Å²) in [6.07, 6.45) is 0.0976. The van der Waals surface area contributed by atoms with Crippen LogP contribution in [0.2, 0.25) is 0 Å². The maximum absolute atomic E-state index is 12.3. The Balaban J connectivity index is 1.72. The lowest BCUT2D eigenvalue weighted by atomic mass is 10.00. The molecule has 9 heteroatoms. The number of methoxy groups -OCH3 is 2. The van der Waals surface area contributed by atoms with Crippen molar-refractivity contribution in [1.82, 2.24) is 9.78 Å². The summed E-state index contributed by atoms with van der Waals surface area (Å²) in [5.74, 6) is 0.868. The molecule has 210 valence electrons. The van der Waals surface area contributed by atoms with Gasteiger partial charge in [0.25, 0.3) is 0 Å². The molecule has 0 radical (unpaired) electrons. The summed E-state index contributed by atoms with van der Waals surface area (Å²) in [6, 6.07) is 17.5. The van der Waals surface area contributed by atoms with E-state index in [-0.39, 0.29) is 30.9 Å². The highest BCUT2D eigenvalue weighted by atomic mass is 16.5. The Bertz CT molecular complexity index is 1530. The third kappa shape index (κ3) is 6.43. The number of nitrogen functional groups attached to an aromatic ring is 1. The molecule has 0 saturated heterocycles. The molecule has 4 rings (SSSR count). The van der Waals surface area contributed by atoms with E-state index in [2.05, 4.69) is 19.9 Å². The first-order chi connectivity index (χ1) is 19.2. The minimum Gasteiger partial charge on any atom is -0.497 e. The average molecular weight is 545 g/mol. The lowest BCUT2D eigenvalue weighted by Gasteiger charge is -2.13. The van der Waals surface area contributed by atoms with E-state index in [9.17, 15) is 4.79 Å². The summed E-state index contributed by atoms with van der Waals surface area (Å²) in [4.78, 5) is 12.3. The van der Waals surface area contributed by atoms with Gasteiger partial charge in [0.15, 0.2) is 0 Å². The van der Waals surface area contributed by atoms with E-state index in [0.717, 1.165) is 38.9 Å². The standard InChI is InChI=1S/C31H36N4O5/c1-6-39-30(36)16-23-11-20(17-37-4)7-10-29(23)40-18-27-26-15-21(8-9-28(26)35(34-27)19(2)3)22-12-24(31(32)33)14-25(13-22)38-5/h7-15,19H,6,16-18H2,1-5H3,(H3,32,33). The number of nitrogens with zero attached hydrogens (tertiary/aromatic N) is 2. The highest BCUT2D eigenvalue weighted by Gasteiger charge is 2.17. The number of rotatable bonds is 12. The summed E-state index contributed by atoms with van der Waals surface area (Å²) in [7, 11) is 3.22. The van der Waals surface area contributed by atoms with Gasteiger partial charge in [-0.2, -0.15) is 5.10 Å². The molecule has 1 heterocycles. The number of esters is 1. The molecule has 0 aliphatic carbocycles. The fraction of sp³-hybridized carbons (Fsp3) is 0.323. The lowest BCUT2D eigenvalue weighted by Crippen LogP contribution is -2.11. The molecule has 0 saturated carbocycles. The molecule has 1 aromatic heterocycles. The number of ether oxygens (including phenoxy) is 4. The summed E-state index contributed by atoms with van der Waals surface area (Å²) < 4.78 is 24.1. The maximum Gasteiger partial charge on any atom is 0.310 e. The van der Waals surface area contributed by atoms with Gasteiger partial charge >= 0.3 is 5.97 Å². The van der Waals surface area contributed by atoms with Gasteiger partial charge < -0.3 is 24.7 Å². The highest BCUT2D eigenvalue weighted by molar-refractivity contribution is 5.97. The van der Waals surface area contributed by atoms with E-state index in [4.69, 9.17) is 35.2 Å². The van der Waals surface area contributed by atoms with Crippen LogP contribution in [-0.2, 0) is 33.9 Å². The van der Waals surface area contributed by atoms with Crippen LogP contribution in [0.4, 0.5) is 0 Å². The van der Waals surface area contributed by atoms with E-state index in [0.29, 0.717) is 30.3 Å².